The van der Waals surface area contributed by atoms with E-state index in [-0.39, 0.29) is 25.3 Å². The zero-order valence-corrected chi connectivity index (χ0v) is 9.62. The van der Waals surface area contributed by atoms with Crippen LogP contribution >= 0.6 is 0 Å². The predicted molar refractivity (Wildman–Crippen MR) is 57.8 cm³/mol. The van der Waals surface area contributed by atoms with Crippen molar-refractivity contribution in [3.63, 3.8) is 0 Å². The van der Waals surface area contributed by atoms with Crippen LogP contribution in [0.2, 0.25) is 0 Å². The van der Waals surface area contributed by atoms with E-state index in [9.17, 15) is 19.2 Å². The highest BCUT2D eigenvalue weighted by atomic mass is 16.2. The molecule has 0 radical (unpaired) electrons. The number of nitrogens with one attached hydrogen (secondary N) is 2. The highest BCUT2D eigenvalue weighted by Gasteiger charge is 2.30. The molecule has 5 amide bonds. The summed E-state index contributed by atoms with van der Waals surface area (Å²) in [6.45, 7) is 2.48. The predicted octanol–water partition coefficient (Wildman–Crippen LogP) is -0.629. The van der Waals surface area contributed by atoms with Gasteiger partial charge in [-0.2, -0.15) is 0 Å². The van der Waals surface area contributed by atoms with Gasteiger partial charge < -0.3 is 5.32 Å². The first-order valence-corrected chi connectivity index (χ1v) is 5.45. The van der Waals surface area contributed by atoms with Crippen molar-refractivity contribution in [1.82, 2.24) is 15.5 Å². The lowest BCUT2D eigenvalue weighted by Crippen LogP contribution is -2.53. The Kier molecular flexibility index (Phi) is 4.62. The third-order valence-corrected chi connectivity index (χ3v) is 2.24. The first kappa shape index (κ1) is 13.1. The molecule has 1 heterocycles. The Morgan fingerprint density at radius 3 is 2.71 bits per heavy atom. The molecule has 2 N–H and O–H groups in total. The Labute approximate surface area is 98.5 Å². The van der Waals surface area contributed by atoms with Gasteiger partial charge in [-0.1, -0.05) is 6.92 Å². The molecule has 0 aromatic carbocycles. The normalized spacial score (nSPS) is 15.8. The zero-order valence-electron chi connectivity index (χ0n) is 9.62. The van der Waals surface area contributed by atoms with E-state index < -0.39 is 17.8 Å². The molecule has 0 aliphatic carbocycles. The van der Waals surface area contributed by atoms with Crippen LogP contribution in [0.5, 0.6) is 0 Å². The van der Waals surface area contributed by atoms with E-state index in [4.69, 9.17) is 0 Å². The van der Waals surface area contributed by atoms with E-state index in [0.717, 1.165) is 11.3 Å². The van der Waals surface area contributed by atoms with Crippen molar-refractivity contribution in [2.45, 2.75) is 26.2 Å². The van der Waals surface area contributed by atoms with Crippen molar-refractivity contribution < 1.29 is 19.2 Å². The van der Waals surface area contributed by atoms with E-state index in [0.29, 0.717) is 6.54 Å². The number of nitrogens with zero attached hydrogens (tertiary/aromatic N) is 1. The molecule has 1 aliphatic rings. The van der Waals surface area contributed by atoms with E-state index >= 15 is 0 Å². The molecule has 0 spiro atoms. The van der Waals surface area contributed by atoms with Gasteiger partial charge in [0.1, 0.15) is 6.42 Å². The lowest BCUT2D eigenvalue weighted by Gasteiger charge is -2.24. The fourth-order valence-electron chi connectivity index (χ4n) is 1.37. The van der Waals surface area contributed by atoms with Crippen molar-refractivity contribution in [2.75, 3.05) is 13.1 Å². The van der Waals surface area contributed by atoms with Gasteiger partial charge in [0.15, 0.2) is 0 Å². The summed E-state index contributed by atoms with van der Waals surface area (Å²) in [7, 11) is 0. The van der Waals surface area contributed by atoms with Crippen molar-refractivity contribution in [2.24, 2.45) is 0 Å². The van der Waals surface area contributed by atoms with Crippen LogP contribution in [0.15, 0.2) is 0 Å². The SMILES string of the molecule is CCCNC(=O)CCN1C(=O)CC(=O)NC1=O. The molecule has 94 valence electrons. The number of barbiturate groups is 1. The highest BCUT2D eigenvalue weighted by Crippen LogP contribution is 2.03. The largest absolute Gasteiger partial charge is 0.356 e. The summed E-state index contributed by atoms with van der Waals surface area (Å²) >= 11 is 0. The first-order chi connectivity index (χ1) is 8.04. The average Bonchev–Trinajstić information content (AvgIpc) is 2.24. The third kappa shape index (κ3) is 3.86. The van der Waals surface area contributed by atoms with Crippen LogP contribution in [0.25, 0.3) is 0 Å². The number of amides is 5. The molecular formula is C10H15N3O4. The molecule has 1 rings (SSSR count). The van der Waals surface area contributed by atoms with E-state index in [1.807, 2.05) is 12.2 Å². The Bertz CT molecular complexity index is 333. The van der Waals surface area contributed by atoms with Gasteiger partial charge in [0.25, 0.3) is 0 Å². The standard InChI is InChI=1S/C10H15N3O4/c1-2-4-11-7(14)3-5-13-9(16)6-8(15)12-10(13)17/h2-6H2,1H3,(H,11,14)(H,12,15,17). The number of carbonyl (C=O) groups is 4. The molecular weight excluding hydrogens is 226 g/mol. The second-order valence-corrected chi connectivity index (χ2v) is 3.68. The van der Waals surface area contributed by atoms with Gasteiger partial charge in [0.05, 0.1) is 0 Å². The summed E-state index contributed by atoms with van der Waals surface area (Å²) in [4.78, 5) is 45.6. The fraction of sp³-hybridized carbons (Fsp3) is 0.600. The van der Waals surface area contributed by atoms with Crippen molar-refractivity contribution in [3.8, 4) is 0 Å². The van der Waals surface area contributed by atoms with Crippen LogP contribution < -0.4 is 10.6 Å². The molecule has 1 saturated heterocycles. The lowest BCUT2D eigenvalue weighted by atomic mass is 10.2. The van der Waals surface area contributed by atoms with Crippen LogP contribution in [0.1, 0.15) is 26.2 Å². The van der Waals surface area contributed by atoms with Gasteiger partial charge in [0.2, 0.25) is 17.7 Å². The van der Waals surface area contributed by atoms with Crippen molar-refractivity contribution >= 4 is 23.8 Å². The second-order valence-electron chi connectivity index (χ2n) is 3.68. The summed E-state index contributed by atoms with van der Waals surface area (Å²) in [5.41, 5.74) is 0. The molecule has 0 bridgehead atoms. The number of urea groups is 1. The Morgan fingerprint density at radius 2 is 2.12 bits per heavy atom. The third-order valence-electron chi connectivity index (χ3n) is 2.24. The van der Waals surface area contributed by atoms with E-state index in [1.165, 1.54) is 0 Å². The Balaban J connectivity index is 2.40. The molecule has 0 aromatic heterocycles. The maximum Gasteiger partial charge on any atom is 0.330 e. The van der Waals surface area contributed by atoms with Crippen LogP contribution in [-0.4, -0.2) is 41.7 Å². The van der Waals surface area contributed by atoms with Crippen LogP contribution in [0, 0.1) is 0 Å². The summed E-state index contributed by atoms with van der Waals surface area (Å²) in [5, 5.41) is 4.66. The monoisotopic (exact) mass is 241 g/mol. The maximum absolute atomic E-state index is 11.4. The van der Waals surface area contributed by atoms with Crippen molar-refractivity contribution in [3.05, 3.63) is 0 Å². The van der Waals surface area contributed by atoms with Gasteiger partial charge >= 0.3 is 6.03 Å². The summed E-state index contributed by atoms with van der Waals surface area (Å²) < 4.78 is 0. The molecule has 1 fully saturated rings. The fourth-order valence-corrected chi connectivity index (χ4v) is 1.37. The average molecular weight is 241 g/mol. The van der Waals surface area contributed by atoms with Crippen LogP contribution in [-0.2, 0) is 14.4 Å². The smallest absolute Gasteiger partial charge is 0.330 e. The van der Waals surface area contributed by atoms with Crippen molar-refractivity contribution in [1.29, 1.82) is 0 Å². The molecule has 1 aliphatic heterocycles. The molecule has 0 unspecified atom stereocenters. The number of imide groups is 2. The summed E-state index contributed by atoms with van der Waals surface area (Å²) in [5.74, 6) is -1.39. The van der Waals surface area contributed by atoms with Gasteiger partial charge in [-0.15, -0.1) is 0 Å². The number of rotatable bonds is 5. The molecule has 7 nitrogen and oxygen atoms in total. The van der Waals surface area contributed by atoms with Crippen LogP contribution in [0.3, 0.4) is 0 Å². The highest BCUT2D eigenvalue weighted by molar-refractivity contribution is 6.14. The van der Waals surface area contributed by atoms with Gasteiger partial charge in [-0.05, 0) is 6.42 Å². The van der Waals surface area contributed by atoms with E-state index in [1.54, 1.807) is 0 Å². The zero-order chi connectivity index (χ0) is 12.8. The Hall–Kier alpha value is -1.92. The molecule has 17 heavy (non-hydrogen) atoms. The minimum absolute atomic E-state index is 0.00645. The summed E-state index contributed by atoms with van der Waals surface area (Å²) in [6, 6.07) is -0.755. The number of hydrogen-bond donors (Lipinski definition) is 2. The number of hydrogen-bond acceptors (Lipinski definition) is 4. The summed E-state index contributed by atoms with van der Waals surface area (Å²) in [6.07, 6.45) is 0.527. The maximum atomic E-state index is 11.4. The molecule has 0 atom stereocenters. The Morgan fingerprint density at radius 1 is 1.41 bits per heavy atom. The van der Waals surface area contributed by atoms with Gasteiger partial charge in [-0.3, -0.25) is 24.6 Å². The van der Waals surface area contributed by atoms with Gasteiger partial charge in [-0.25, -0.2) is 4.79 Å². The van der Waals surface area contributed by atoms with Crippen LogP contribution in [0.4, 0.5) is 4.79 Å². The lowest BCUT2D eigenvalue weighted by molar-refractivity contribution is -0.136. The van der Waals surface area contributed by atoms with E-state index in [2.05, 4.69) is 5.32 Å². The minimum atomic E-state index is -0.755. The quantitative estimate of drug-likeness (QED) is 0.626. The first-order valence-electron chi connectivity index (χ1n) is 5.45. The molecule has 7 heteroatoms. The number of carbonyl (C=O) groups excluding carboxylic acids is 4. The minimum Gasteiger partial charge on any atom is -0.356 e. The molecule has 0 aromatic rings. The molecule has 0 saturated carbocycles. The second kappa shape index (κ2) is 5.97. The van der Waals surface area contributed by atoms with Gasteiger partial charge in [0, 0.05) is 19.5 Å². The topological polar surface area (TPSA) is 95.6 Å².